The van der Waals surface area contributed by atoms with Crippen LogP contribution in [0.3, 0.4) is 0 Å². The molecule has 0 aliphatic rings. The molecule has 0 aliphatic heterocycles. The van der Waals surface area contributed by atoms with E-state index in [0.29, 0.717) is 6.61 Å². The maximum Gasteiger partial charge on any atom is 0.211 e. The van der Waals surface area contributed by atoms with Crippen molar-refractivity contribution in [2.45, 2.75) is 27.1 Å². The Morgan fingerprint density at radius 3 is 2.30 bits per heavy atom. The second kappa shape index (κ2) is 3.88. The summed E-state index contributed by atoms with van der Waals surface area (Å²) in [6.07, 6.45) is -1.31. The van der Waals surface area contributed by atoms with E-state index in [0.717, 1.165) is 0 Å². The van der Waals surface area contributed by atoms with Crippen molar-refractivity contribution in [1.29, 1.82) is 0 Å². The number of hydrogen-bond donors (Lipinski definition) is 1. The summed E-state index contributed by atoms with van der Waals surface area (Å²) in [5, 5.41) is 0. The Bertz CT molecular complexity index is 90.1. The highest BCUT2D eigenvalue weighted by molar-refractivity contribution is 4.59. The van der Waals surface area contributed by atoms with Gasteiger partial charge < -0.3 is 10.5 Å². The Morgan fingerprint density at radius 2 is 2.00 bits per heavy atom. The summed E-state index contributed by atoms with van der Waals surface area (Å²) in [5.74, 6) is 0. The zero-order chi connectivity index (χ0) is 8.20. The number of ether oxygens (including phenoxy) is 1. The van der Waals surface area contributed by atoms with Crippen molar-refractivity contribution in [2.24, 2.45) is 11.1 Å². The van der Waals surface area contributed by atoms with Gasteiger partial charge in [-0.1, -0.05) is 20.8 Å². The van der Waals surface area contributed by atoms with Crippen LogP contribution in [0.1, 0.15) is 20.8 Å². The van der Waals surface area contributed by atoms with Gasteiger partial charge in [0.05, 0.1) is 6.61 Å². The SMILES string of the molecule is CC(C)(C)COC(F)CN. The minimum absolute atomic E-state index is 0.0134. The number of halogens is 1. The van der Waals surface area contributed by atoms with Crippen LogP contribution < -0.4 is 5.73 Å². The van der Waals surface area contributed by atoms with E-state index in [4.69, 9.17) is 10.5 Å². The molecule has 0 fully saturated rings. The number of hydrogen-bond acceptors (Lipinski definition) is 2. The van der Waals surface area contributed by atoms with Gasteiger partial charge in [-0.25, -0.2) is 4.39 Å². The van der Waals surface area contributed by atoms with Crippen molar-refractivity contribution < 1.29 is 9.13 Å². The molecule has 0 aromatic carbocycles. The Hall–Kier alpha value is -0.150. The van der Waals surface area contributed by atoms with Crippen LogP contribution in [0.15, 0.2) is 0 Å². The van der Waals surface area contributed by atoms with Crippen LogP contribution in [-0.2, 0) is 4.74 Å². The molecule has 0 saturated heterocycles. The average Bonchev–Trinajstić information content (AvgIpc) is 1.81. The summed E-state index contributed by atoms with van der Waals surface area (Å²) in [6, 6.07) is 0. The molecule has 1 unspecified atom stereocenters. The van der Waals surface area contributed by atoms with Gasteiger partial charge in [0, 0.05) is 6.54 Å². The standard InChI is InChI=1S/C7H16FNO/c1-7(2,3)5-10-6(8)4-9/h6H,4-5,9H2,1-3H3. The van der Waals surface area contributed by atoms with Crippen LogP contribution in [0, 0.1) is 5.41 Å². The lowest BCUT2D eigenvalue weighted by Crippen LogP contribution is -2.24. The molecular formula is C7H16FNO. The molecule has 62 valence electrons. The fourth-order valence-electron chi connectivity index (χ4n) is 0.408. The molecule has 2 N–H and O–H groups in total. The van der Waals surface area contributed by atoms with Crippen molar-refractivity contribution >= 4 is 0 Å². The lowest BCUT2D eigenvalue weighted by molar-refractivity contribution is -0.0596. The van der Waals surface area contributed by atoms with E-state index in [1.807, 2.05) is 20.8 Å². The average molecular weight is 149 g/mol. The molecule has 0 heterocycles. The van der Waals surface area contributed by atoms with Crippen LogP contribution >= 0.6 is 0 Å². The molecule has 0 rings (SSSR count). The third-order valence-electron chi connectivity index (χ3n) is 0.883. The number of alkyl halides is 1. The predicted molar refractivity (Wildman–Crippen MR) is 39.4 cm³/mol. The summed E-state index contributed by atoms with van der Waals surface area (Å²) >= 11 is 0. The smallest absolute Gasteiger partial charge is 0.211 e. The fraction of sp³-hybridized carbons (Fsp3) is 1.00. The van der Waals surface area contributed by atoms with Gasteiger partial charge in [-0.15, -0.1) is 0 Å². The largest absolute Gasteiger partial charge is 0.347 e. The van der Waals surface area contributed by atoms with Crippen LogP contribution in [-0.4, -0.2) is 19.5 Å². The van der Waals surface area contributed by atoms with Crippen molar-refractivity contribution in [1.82, 2.24) is 0 Å². The van der Waals surface area contributed by atoms with Crippen LogP contribution in [0.25, 0.3) is 0 Å². The highest BCUT2D eigenvalue weighted by atomic mass is 19.1. The van der Waals surface area contributed by atoms with Crippen molar-refractivity contribution in [2.75, 3.05) is 13.2 Å². The normalized spacial score (nSPS) is 15.3. The number of rotatable bonds is 3. The Balaban J connectivity index is 3.36. The van der Waals surface area contributed by atoms with Gasteiger partial charge in [-0.3, -0.25) is 0 Å². The van der Waals surface area contributed by atoms with Crippen LogP contribution in [0.5, 0.6) is 0 Å². The summed E-state index contributed by atoms with van der Waals surface area (Å²) in [5.41, 5.74) is 5.01. The summed E-state index contributed by atoms with van der Waals surface area (Å²) < 4.78 is 17.1. The molecule has 0 aromatic heterocycles. The first kappa shape index (κ1) is 9.85. The van der Waals surface area contributed by atoms with Gasteiger partial charge in [0.2, 0.25) is 6.36 Å². The monoisotopic (exact) mass is 149 g/mol. The summed E-state index contributed by atoms with van der Waals surface area (Å²) in [7, 11) is 0. The zero-order valence-corrected chi connectivity index (χ0v) is 6.86. The Morgan fingerprint density at radius 1 is 1.50 bits per heavy atom. The van der Waals surface area contributed by atoms with E-state index in [2.05, 4.69) is 0 Å². The third-order valence-corrected chi connectivity index (χ3v) is 0.883. The molecule has 0 spiro atoms. The first-order valence-electron chi connectivity index (χ1n) is 3.41. The maximum absolute atomic E-state index is 12.3. The minimum atomic E-state index is -1.31. The van der Waals surface area contributed by atoms with Gasteiger partial charge in [-0.2, -0.15) is 0 Å². The van der Waals surface area contributed by atoms with Crippen molar-refractivity contribution in [3.05, 3.63) is 0 Å². The molecule has 0 aromatic rings. The maximum atomic E-state index is 12.3. The Labute approximate surface area is 61.5 Å². The molecule has 0 aliphatic carbocycles. The molecule has 0 saturated carbocycles. The molecule has 1 atom stereocenters. The lowest BCUT2D eigenvalue weighted by atomic mass is 9.99. The van der Waals surface area contributed by atoms with E-state index in [9.17, 15) is 4.39 Å². The first-order chi connectivity index (χ1) is 4.45. The summed E-state index contributed by atoms with van der Waals surface area (Å²) in [4.78, 5) is 0. The quantitative estimate of drug-likeness (QED) is 0.656. The lowest BCUT2D eigenvalue weighted by Gasteiger charge is -2.19. The van der Waals surface area contributed by atoms with Crippen LogP contribution in [0.4, 0.5) is 4.39 Å². The van der Waals surface area contributed by atoms with Gasteiger partial charge in [0.1, 0.15) is 0 Å². The van der Waals surface area contributed by atoms with E-state index >= 15 is 0 Å². The van der Waals surface area contributed by atoms with Gasteiger partial charge in [-0.05, 0) is 5.41 Å². The van der Waals surface area contributed by atoms with E-state index in [-0.39, 0.29) is 12.0 Å². The van der Waals surface area contributed by atoms with Gasteiger partial charge >= 0.3 is 0 Å². The zero-order valence-electron chi connectivity index (χ0n) is 6.86. The van der Waals surface area contributed by atoms with E-state index in [1.54, 1.807) is 0 Å². The topological polar surface area (TPSA) is 35.2 Å². The highest BCUT2D eigenvalue weighted by Gasteiger charge is 2.13. The minimum Gasteiger partial charge on any atom is -0.347 e. The predicted octanol–water partition coefficient (Wildman–Crippen LogP) is 1.30. The van der Waals surface area contributed by atoms with E-state index in [1.165, 1.54) is 0 Å². The molecule has 0 radical (unpaired) electrons. The van der Waals surface area contributed by atoms with Gasteiger partial charge in [0.25, 0.3) is 0 Å². The molecular weight excluding hydrogens is 133 g/mol. The molecule has 3 heteroatoms. The van der Waals surface area contributed by atoms with Crippen LogP contribution in [0.2, 0.25) is 0 Å². The molecule has 0 bridgehead atoms. The van der Waals surface area contributed by atoms with Crippen molar-refractivity contribution in [3.63, 3.8) is 0 Å². The second-order valence-electron chi connectivity index (χ2n) is 3.52. The molecule has 0 amide bonds. The fourth-order valence-corrected chi connectivity index (χ4v) is 0.408. The third kappa shape index (κ3) is 5.98. The van der Waals surface area contributed by atoms with Gasteiger partial charge in [0.15, 0.2) is 0 Å². The summed E-state index contributed by atoms with van der Waals surface area (Å²) in [6.45, 7) is 6.30. The molecule has 10 heavy (non-hydrogen) atoms. The second-order valence-corrected chi connectivity index (χ2v) is 3.52. The first-order valence-corrected chi connectivity index (χ1v) is 3.41. The molecule has 2 nitrogen and oxygen atoms in total. The number of nitrogens with two attached hydrogens (primary N) is 1. The van der Waals surface area contributed by atoms with Crippen molar-refractivity contribution in [3.8, 4) is 0 Å². The Kier molecular flexibility index (Phi) is 3.83. The van der Waals surface area contributed by atoms with E-state index < -0.39 is 6.36 Å². The highest BCUT2D eigenvalue weighted by Crippen LogP contribution is 2.13.